The van der Waals surface area contributed by atoms with Crippen LogP contribution in [0, 0.1) is 22.0 Å². The Labute approximate surface area is 141 Å². The number of rotatable bonds is 4. The molecular weight excluding hydrogens is 332 g/mol. The summed E-state index contributed by atoms with van der Waals surface area (Å²) in [4.78, 5) is 37.3. The molecule has 0 aromatic heterocycles. The van der Waals surface area contributed by atoms with Gasteiger partial charge in [0.15, 0.2) is 0 Å². The predicted octanol–water partition coefficient (Wildman–Crippen LogP) is 0.409. The third kappa shape index (κ3) is 1.90. The third-order valence-corrected chi connectivity index (χ3v) is 5.02. The summed E-state index contributed by atoms with van der Waals surface area (Å²) in [6.45, 7) is -0.446. The quantitative estimate of drug-likeness (QED) is 0.363. The lowest BCUT2D eigenvalue weighted by Crippen LogP contribution is -2.43. The Bertz CT molecular complexity index is 836. The lowest BCUT2D eigenvalue weighted by Gasteiger charge is -2.26. The molecule has 0 saturated carbocycles. The van der Waals surface area contributed by atoms with Crippen molar-refractivity contribution in [2.24, 2.45) is 11.8 Å². The molecule has 9 nitrogen and oxygen atoms in total. The highest BCUT2D eigenvalue weighted by Crippen LogP contribution is 2.53. The molecule has 4 atom stereocenters. The number of anilines is 1. The van der Waals surface area contributed by atoms with Gasteiger partial charge in [-0.15, -0.1) is 0 Å². The number of nitro benzene ring substituents is 1. The number of amides is 2. The maximum Gasteiger partial charge on any atom is 0.297 e. The summed E-state index contributed by atoms with van der Waals surface area (Å²) in [5.74, 6) is -2.60. The molecule has 3 aliphatic rings. The van der Waals surface area contributed by atoms with Crippen molar-refractivity contribution in [1.82, 2.24) is 0 Å². The summed E-state index contributed by atoms with van der Waals surface area (Å²) in [6.07, 6.45) is 2.63. The number of carbonyl (C=O) groups is 2. The van der Waals surface area contributed by atoms with Crippen molar-refractivity contribution >= 4 is 23.2 Å². The van der Waals surface area contributed by atoms with Gasteiger partial charge < -0.3 is 14.6 Å². The van der Waals surface area contributed by atoms with Crippen LogP contribution in [0.2, 0.25) is 0 Å². The van der Waals surface area contributed by atoms with E-state index in [1.165, 1.54) is 19.2 Å². The van der Waals surface area contributed by atoms with Crippen molar-refractivity contribution in [3.05, 3.63) is 40.5 Å². The van der Waals surface area contributed by atoms with Crippen LogP contribution in [0.25, 0.3) is 0 Å². The maximum absolute atomic E-state index is 12.9. The Morgan fingerprint density at radius 2 is 2.16 bits per heavy atom. The van der Waals surface area contributed by atoms with E-state index in [1.807, 2.05) is 0 Å². The van der Waals surface area contributed by atoms with Gasteiger partial charge in [0.2, 0.25) is 11.8 Å². The van der Waals surface area contributed by atoms with Crippen molar-refractivity contribution in [2.75, 3.05) is 18.6 Å². The number of benzene rings is 1. The first-order valence-electron chi connectivity index (χ1n) is 7.62. The lowest BCUT2D eigenvalue weighted by atomic mass is 9.77. The van der Waals surface area contributed by atoms with Gasteiger partial charge in [0.25, 0.3) is 5.69 Å². The van der Waals surface area contributed by atoms with Crippen LogP contribution in [0.1, 0.15) is 0 Å². The van der Waals surface area contributed by atoms with E-state index in [0.717, 1.165) is 11.0 Å². The lowest BCUT2D eigenvalue weighted by molar-refractivity contribution is -0.384. The zero-order valence-corrected chi connectivity index (χ0v) is 13.1. The fourth-order valence-electron chi connectivity index (χ4n) is 3.89. The number of fused-ring (bicyclic) bond motifs is 5. The topological polar surface area (TPSA) is 119 Å². The van der Waals surface area contributed by atoms with Crippen LogP contribution < -0.4 is 9.64 Å². The van der Waals surface area contributed by atoms with Crippen LogP contribution in [-0.4, -0.2) is 47.3 Å². The molecule has 0 radical (unpaired) electrons. The fraction of sp³-hybridized carbons (Fsp3) is 0.375. The van der Waals surface area contributed by atoms with Crippen molar-refractivity contribution in [1.29, 1.82) is 0 Å². The van der Waals surface area contributed by atoms with Crippen LogP contribution >= 0.6 is 0 Å². The molecule has 130 valence electrons. The summed E-state index contributed by atoms with van der Waals surface area (Å²) in [7, 11) is 1.36. The second-order valence-electron chi connectivity index (χ2n) is 6.18. The maximum atomic E-state index is 12.9. The molecule has 2 saturated heterocycles. The largest absolute Gasteiger partial charge is 0.496 e. The standard InChI is InChI=1S/C16H14N2O7/c1-24-8-2-3-9(10(6-8)18(22)23)17-14(20)12-11-4-5-16(7-19,25-11)13(12)15(17)21/h2-6,11-13,19H,7H2,1H3/t11-,12-,13+,16+/m1/s1. The third-order valence-electron chi connectivity index (χ3n) is 5.02. The number of aliphatic hydroxyl groups excluding tert-OH is 1. The van der Waals surface area contributed by atoms with Gasteiger partial charge in [-0.05, 0) is 12.1 Å². The van der Waals surface area contributed by atoms with E-state index in [1.54, 1.807) is 12.2 Å². The van der Waals surface area contributed by atoms with Crippen LogP contribution in [0.5, 0.6) is 5.75 Å². The first-order valence-corrected chi connectivity index (χ1v) is 7.62. The molecule has 0 unspecified atom stereocenters. The van der Waals surface area contributed by atoms with Gasteiger partial charge in [0, 0.05) is 0 Å². The summed E-state index contributed by atoms with van der Waals surface area (Å²) in [6, 6.07) is 3.92. The van der Waals surface area contributed by atoms with Crippen molar-refractivity contribution in [2.45, 2.75) is 11.7 Å². The second-order valence-corrected chi connectivity index (χ2v) is 6.18. The van der Waals surface area contributed by atoms with Gasteiger partial charge in [-0.3, -0.25) is 19.7 Å². The van der Waals surface area contributed by atoms with Gasteiger partial charge in [0.05, 0.1) is 42.6 Å². The number of nitro groups is 1. The van der Waals surface area contributed by atoms with Gasteiger partial charge in [-0.2, -0.15) is 0 Å². The number of aliphatic hydroxyl groups is 1. The van der Waals surface area contributed by atoms with Crippen molar-refractivity contribution in [3.8, 4) is 5.75 Å². The Balaban J connectivity index is 1.80. The molecule has 3 heterocycles. The Morgan fingerprint density at radius 1 is 1.40 bits per heavy atom. The zero-order valence-electron chi connectivity index (χ0n) is 13.1. The fourth-order valence-corrected chi connectivity index (χ4v) is 3.89. The minimum absolute atomic E-state index is 0.109. The molecule has 1 N–H and O–H groups in total. The molecule has 1 aromatic carbocycles. The molecule has 4 rings (SSSR count). The van der Waals surface area contributed by atoms with Crippen molar-refractivity contribution in [3.63, 3.8) is 0 Å². The summed E-state index contributed by atoms with van der Waals surface area (Å²) >= 11 is 0. The predicted molar refractivity (Wildman–Crippen MR) is 83.0 cm³/mol. The summed E-state index contributed by atoms with van der Waals surface area (Å²) in [5, 5.41) is 21.1. The van der Waals surface area contributed by atoms with E-state index in [0.29, 0.717) is 0 Å². The molecule has 2 amide bonds. The number of imide groups is 1. The molecule has 2 fully saturated rings. The Kier molecular flexibility index (Phi) is 3.21. The smallest absolute Gasteiger partial charge is 0.297 e. The zero-order chi connectivity index (χ0) is 17.9. The first kappa shape index (κ1) is 15.7. The highest BCUT2D eigenvalue weighted by atomic mass is 16.6. The molecule has 2 bridgehead atoms. The van der Waals surface area contributed by atoms with Crippen LogP contribution in [-0.2, 0) is 14.3 Å². The number of hydrogen-bond donors (Lipinski definition) is 1. The summed E-state index contributed by atoms with van der Waals surface area (Å²) in [5.41, 5.74) is -1.75. The van der Waals surface area contributed by atoms with E-state index in [4.69, 9.17) is 9.47 Å². The van der Waals surface area contributed by atoms with Crippen molar-refractivity contribution < 1.29 is 29.1 Å². The minimum Gasteiger partial charge on any atom is -0.496 e. The van der Waals surface area contributed by atoms with Crippen LogP contribution in [0.3, 0.4) is 0 Å². The number of carbonyl (C=O) groups excluding carboxylic acids is 2. The minimum atomic E-state index is -1.24. The number of hydrogen-bond acceptors (Lipinski definition) is 7. The van der Waals surface area contributed by atoms with E-state index in [9.17, 15) is 24.8 Å². The molecule has 3 aliphatic heterocycles. The van der Waals surface area contributed by atoms with Gasteiger partial charge in [0.1, 0.15) is 17.0 Å². The Hall–Kier alpha value is -2.78. The monoisotopic (exact) mass is 346 g/mol. The molecule has 25 heavy (non-hydrogen) atoms. The average Bonchev–Trinajstić information content (AvgIpc) is 3.25. The second kappa shape index (κ2) is 5.11. The molecule has 0 spiro atoms. The molecule has 1 aromatic rings. The highest BCUT2D eigenvalue weighted by molar-refractivity contribution is 6.24. The molecule has 0 aliphatic carbocycles. The van der Waals surface area contributed by atoms with E-state index < -0.39 is 52.6 Å². The number of ether oxygens (including phenoxy) is 2. The van der Waals surface area contributed by atoms with E-state index >= 15 is 0 Å². The Morgan fingerprint density at radius 3 is 2.80 bits per heavy atom. The molecule has 9 heteroatoms. The number of methoxy groups -OCH3 is 1. The molecular formula is C16H14N2O7. The highest BCUT2D eigenvalue weighted by Gasteiger charge is 2.68. The normalized spacial score (nSPS) is 32.4. The van der Waals surface area contributed by atoms with E-state index in [-0.39, 0.29) is 11.4 Å². The van der Waals surface area contributed by atoms with Crippen LogP contribution in [0.15, 0.2) is 30.4 Å². The van der Waals surface area contributed by atoms with Gasteiger partial charge in [-0.1, -0.05) is 12.2 Å². The first-order chi connectivity index (χ1) is 11.9. The summed E-state index contributed by atoms with van der Waals surface area (Å²) < 4.78 is 10.6. The van der Waals surface area contributed by atoms with E-state index in [2.05, 4.69) is 0 Å². The number of nitrogens with zero attached hydrogens (tertiary/aromatic N) is 2. The van der Waals surface area contributed by atoms with Gasteiger partial charge in [-0.25, -0.2) is 4.90 Å². The SMILES string of the molecule is COc1ccc(N2C(=O)[C@H]3[C@@H](C2=O)[C@@]2(CO)C=C[C@H]3O2)c([N+](=O)[O-])c1. The average molecular weight is 346 g/mol. The van der Waals surface area contributed by atoms with Gasteiger partial charge >= 0.3 is 0 Å². The van der Waals surface area contributed by atoms with Crippen LogP contribution in [0.4, 0.5) is 11.4 Å².